The van der Waals surface area contributed by atoms with Crippen LogP contribution in [-0.4, -0.2) is 9.79 Å². The summed E-state index contributed by atoms with van der Waals surface area (Å²) in [5.74, 6) is 0. The third kappa shape index (κ3) is 2.16. The minimum atomic E-state index is -4.11. The average Bonchev–Trinajstić information content (AvgIpc) is 2.03. The van der Waals surface area contributed by atoms with Crippen molar-refractivity contribution in [1.82, 2.24) is 0 Å². The molecule has 0 spiro atoms. The number of nitrogens with two attached hydrogens (primary N) is 1. The Morgan fingerprint density at radius 3 is 2.58 bits per heavy atom. The van der Waals surface area contributed by atoms with Crippen LogP contribution in [0.5, 0.6) is 0 Å². The van der Waals surface area contributed by atoms with E-state index < -0.39 is 7.60 Å². The molecule has 4 nitrogen and oxygen atoms in total. The maximum Gasteiger partial charge on any atom is 0.356 e. The second-order valence-corrected chi connectivity index (χ2v) is 4.02. The Balaban J connectivity index is 3.11. The molecule has 0 heterocycles. The molecule has 5 heteroatoms. The van der Waals surface area contributed by atoms with Gasteiger partial charge in [-0.3, -0.25) is 4.57 Å². The van der Waals surface area contributed by atoms with E-state index in [1.165, 1.54) is 12.1 Å². The highest BCUT2D eigenvalue weighted by Gasteiger charge is 2.16. The molecule has 0 aliphatic rings. The summed E-state index contributed by atoms with van der Waals surface area (Å²) in [5, 5.41) is 0.0189. The Bertz CT molecular complexity index is 320. The molecule has 1 aromatic carbocycles. The van der Waals surface area contributed by atoms with Crippen LogP contribution in [0, 0.1) is 0 Å². The summed E-state index contributed by atoms with van der Waals surface area (Å²) in [6, 6.07) is 6.11. The summed E-state index contributed by atoms with van der Waals surface area (Å²) in [7, 11) is -4.11. The van der Waals surface area contributed by atoms with E-state index in [0.717, 1.165) is 5.56 Å². The lowest BCUT2D eigenvalue weighted by atomic mass is 10.2. The van der Waals surface area contributed by atoms with Crippen LogP contribution in [0.2, 0.25) is 0 Å². The van der Waals surface area contributed by atoms with Crippen molar-refractivity contribution in [3.05, 3.63) is 29.8 Å². The van der Waals surface area contributed by atoms with Gasteiger partial charge in [0.15, 0.2) is 0 Å². The van der Waals surface area contributed by atoms with Gasteiger partial charge >= 0.3 is 7.60 Å². The summed E-state index contributed by atoms with van der Waals surface area (Å²) in [5.41, 5.74) is 6.03. The number of benzene rings is 1. The predicted octanol–water partition coefficient (Wildman–Crippen LogP) is -0.0517. The SMILES string of the molecule is NCc1cccc(P(=O)(O)O)c1. The highest BCUT2D eigenvalue weighted by Crippen LogP contribution is 2.32. The third-order valence-corrected chi connectivity index (χ3v) is 2.43. The normalized spacial score (nSPS) is 11.6. The topological polar surface area (TPSA) is 83.6 Å². The number of hydrogen-bond donors (Lipinski definition) is 3. The van der Waals surface area contributed by atoms with Gasteiger partial charge in [0.25, 0.3) is 0 Å². The summed E-state index contributed by atoms with van der Waals surface area (Å²) in [4.78, 5) is 17.6. The van der Waals surface area contributed by atoms with Crippen LogP contribution in [0.4, 0.5) is 0 Å². The maximum absolute atomic E-state index is 10.8. The zero-order valence-electron chi connectivity index (χ0n) is 6.34. The fourth-order valence-corrected chi connectivity index (χ4v) is 1.48. The third-order valence-electron chi connectivity index (χ3n) is 1.48. The molecule has 1 rings (SSSR count). The van der Waals surface area contributed by atoms with Gasteiger partial charge in [0.2, 0.25) is 0 Å². The van der Waals surface area contributed by atoms with Crippen LogP contribution >= 0.6 is 7.60 Å². The number of hydrogen-bond acceptors (Lipinski definition) is 2. The molecular formula is C7H10NO3P. The predicted molar refractivity (Wildman–Crippen MR) is 46.0 cm³/mol. The first-order chi connectivity index (χ1) is 5.54. The molecule has 0 aliphatic heterocycles. The van der Waals surface area contributed by atoms with Gasteiger partial charge in [-0.05, 0) is 17.7 Å². The van der Waals surface area contributed by atoms with Crippen LogP contribution in [0.1, 0.15) is 5.56 Å². The first kappa shape index (κ1) is 9.42. The van der Waals surface area contributed by atoms with Crippen LogP contribution in [-0.2, 0) is 11.1 Å². The van der Waals surface area contributed by atoms with Gasteiger partial charge in [0.05, 0.1) is 5.30 Å². The minimum absolute atomic E-state index is 0.0189. The van der Waals surface area contributed by atoms with Crippen molar-refractivity contribution < 1.29 is 14.4 Å². The van der Waals surface area contributed by atoms with E-state index in [1.807, 2.05) is 0 Å². The lowest BCUT2D eigenvalue weighted by molar-refractivity contribution is 0.387. The molecule has 0 unspecified atom stereocenters. The van der Waals surface area contributed by atoms with Crippen molar-refractivity contribution in [1.29, 1.82) is 0 Å². The van der Waals surface area contributed by atoms with Crippen LogP contribution in [0.15, 0.2) is 24.3 Å². The summed E-state index contributed by atoms with van der Waals surface area (Å²) in [6.45, 7) is 0.286. The zero-order chi connectivity index (χ0) is 9.19. The van der Waals surface area contributed by atoms with E-state index in [1.54, 1.807) is 12.1 Å². The highest BCUT2D eigenvalue weighted by molar-refractivity contribution is 7.60. The minimum Gasteiger partial charge on any atom is -0.326 e. The van der Waals surface area contributed by atoms with Gasteiger partial charge < -0.3 is 15.5 Å². The molecule has 0 saturated carbocycles. The molecule has 12 heavy (non-hydrogen) atoms. The molecule has 0 aliphatic carbocycles. The van der Waals surface area contributed by atoms with Gasteiger partial charge in [-0.25, -0.2) is 0 Å². The molecule has 0 saturated heterocycles. The van der Waals surface area contributed by atoms with Crippen molar-refractivity contribution in [3.63, 3.8) is 0 Å². The summed E-state index contributed by atoms with van der Waals surface area (Å²) >= 11 is 0. The van der Waals surface area contributed by atoms with E-state index in [2.05, 4.69) is 0 Å². The molecule has 1 aromatic rings. The van der Waals surface area contributed by atoms with Gasteiger partial charge in [-0.1, -0.05) is 12.1 Å². The zero-order valence-corrected chi connectivity index (χ0v) is 7.24. The smallest absolute Gasteiger partial charge is 0.326 e. The van der Waals surface area contributed by atoms with Crippen LogP contribution in [0.25, 0.3) is 0 Å². The van der Waals surface area contributed by atoms with Crippen molar-refractivity contribution in [2.45, 2.75) is 6.54 Å². The molecular weight excluding hydrogens is 177 g/mol. The molecule has 4 N–H and O–H groups in total. The van der Waals surface area contributed by atoms with Crippen molar-refractivity contribution in [2.24, 2.45) is 5.73 Å². The Kier molecular flexibility index (Phi) is 2.65. The molecule has 0 radical (unpaired) electrons. The van der Waals surface area contributed by atoms with E-state index in [0.29, 0.717) is 0 Å². The van der Waals surface area contributed by atoms with Crippen molar-refractivity contribution in [2.75, 3.05) is 0 Å². The largest absolute Gasteiger partial charge is 0.356 e. The lowest BCUT2D eigenvalue weighted by Crippen LogP contribution is -2.06. The van der Waals surface area contributed by atoms with Crippen molar-refractivity contribution >= 4 is 12.9 Å². The standard InChI is InChI=1S/C7H10NO3P/c8-5-6-2-1-3-7(4-6)12(9,10)11/h1-4H,5,8H2,(H2,9,10,11). The average molecular weight is 187 g/mol. The van der Waals surface area contributed by atoms with Gasteiger partial charge in [0.1, 0.15) is 0 Å². The Hall–Kier alpha value is -0.670. The monoisotopic (exact) mass is 187 g/mol. The summed E-state index contributed by atoms with van der Waals surface area (Å²) in [6.07, 6.45) is 0. The van der Waals surface area contributed by atoms with Crippen LogP contribution in [0.3, 0.4) is 0 Å². The van der Waals surface area contributed by atoms with Gasteiger partial charge in [-0.15, -0.1) is 0 Å². The molecule has 0 aromatic heterocycles. The molecule has 0 atom stereocenters. The maximum atomic E-state index is 10.8. The number of rotatable bonds is 2. The molecule has 0 bridgehead atoms. The fraction of sp³-hybridized carbons (Fsp3) is 0.143. The summed E-state index contributed by atoms with van der Waals surface area (Å²) < 4.78 is 10.8. The van der Waals surface area contributed by atoms with Gasteiger partial charge in [-0.2, -0.15) is 0 Å². The first-order valence-corrected chi connectivity index (χ1v) is 5.00. The molecule has 0 fully saturated rings. The second-order valence-electron chi connectivity index (χ2n) is 2.42. The highest BCUT2D eigenvalue weighted by atomic mass is 31.2. The van der Waals surface area contributed by atoms with E-state index in [-0.39, 0.29) is 11.8 Å². The fourth-order valence-electron chi connectivity index (χ4n) is 0.865. The lowest BCUT2D eigenvalue weighted by Gasteiger charge is -2.04. The Morgan fingerprint density at radius 2 is 2.08 bits per heavy atom. The molecule has 66 valence electrons. The molecule has 0 amide bonds. The first-order valence-electron chi connectivity index (χ1n) is 3.39. The Morgan fingerprint density at radius 1 is 1.42 bits per heavy atom. The Labute approximate surface area is 70.2 Å². The van der Waals surface area contributed by atoms with Crippen LogP contribution < -0.4 is 11.0 Å². The van der Waals surface area contributed by atoms with Gasteiger partial charge in [0, 0.05) is 6.54 Å². The quantitative estimate of drug-likeness (QED) is 0.567. The van der Waals surface area contributed by atoms with Crippen molar-refractivity contribution in [3.8, 4) is 0 Å². The van der Waals surface area contributed by atoms with E-state index in [9.17, 15) is 4.57 Å². The van der Waals surface area contributed by atoms with E-state index in [4.69, 9.17) is 15.5 Å². The van der Waals surface area contributed by atoms with E-state index >= 15 is 0 Å². The second kappa shape index (κ2) is 3.37.